The molecule has 1 aliphatic rings. The zero-order valence-corrected chi connectivity index (χ0v) is 10.9. The molecular weight excluding hydrogens is 234 g/mol. The molecule has 0 aliphatic heterocycles. The van der Waals surface area contributed by atoms with Gasteiger partial charge in [-0.1, -0.05) is 6.07 Å². The highest BCUT2D eigenvalue weighted by atomic mass is 16.5. The fourth-order valence-corrected chi connectivity index (χ4v) is 2.57. The van der Waals surface area contributed by atoms with Gasteiger partial charge in [0.25, 0.3) is 0 Å². The maximum atomic E-state index is 8.86. The van der Waals surface area contributed by atoms with Crippen LogP contribution in [-0.4, -0.2) is 0 Å². The Hall–Kier alpha value is -2.27. The van der Waals surface area contributed by atoms with Crippen LogP contribution in [0.3, 0.4) is 0 Å². The van der Waals surface area contributed by atoms with Gasteiger partial charge in [-0.2, -0.15) is 5.26 Å². The summed E-state index contributed by atoms with van der Waals surface area (Å²) in [6.45, 7) is 1.96. The van der Waals surface area contributed by atoms with E-state index in [2.05, 4.69) is 18.2 Å². The maximum absolute atomic E-state index is 8.86. The predicted molar refractivity (Wildman–Crippen MR) is 74.4 cm³/mol. The van der Waals surface area contributed by atoms with E-state index in [0.717, 1.165) is 23.5 Å². The van der Waals surface area contributed by atoms with E-state index in [1.807, 2.05) is 25.1 Å². The second-order valence-electron chi connectivity index (χ2n) is 4.98. The molecule has 1 aliphatic carbocycles. The van der Waals surface area contributed by atoms with Crippen LogP contribution in [0.15, 0.2) is 36.4 Å². The number of aryl methyl sites for hydroxylation is 3. The van der Waals surface area contributed by atoms with Crippen LogP contribution >= 0.6 is 0 Å². The molecular formula is C17H15NO. The molecule has 0 spiro atoms. The van der Waals surface area contributed by atoms with E-state index in [1.54, 1.807) is 6.07 Å². The number of benzene rings is 2. The first-order valence-electron chi connectivity index (χ1n) is 6.57. The summed E-state index contributed by atoms with van der Waals surface area (Å²) in [6.07, 6.45) is 3.58. The molecule has 0 radical (unpaired) electrons. The van der Waals surface area contributed by atoms with Gasteiger partial charge in [-0.25, -0.2) is 0 Å². The minimum atomic E-state index is 0.666. The monoisotopic (exact) mass is 249 g/mol. The van der Waals surface area contributed by atoms with Crippen LogP contribution in [0, 0.1) is 18.3 Å². The van der Waals surface area contributed by atoms with E-state index in [-0.39, 0.29) is 0 Å². The molecule has 0 unspecified atom stereocenters. The van der Waals surface area contributed by atoms with Crippen molar-refractivity contribution >= 4 is 0 Å². The van der Waals surface area contributed by atoms with Crippen LogP contribution in [0.5, 0.6) is 11.5 Å². The molecule has 94 valence electrons. The molecule has 3 rings (SSSR count). The Morgan fingerprint density at radius 2 is 1.89 bits per heavy atom. The van der Waals surface area contributed by atoms with Gasteiger partial charge in [0.05, 0.1) is 11.6 Å². The summed E-state index contributed by atoms with van der Waals surface area (Å²) in [5.41, 5.74) is 4.51. The summed E-state index contributed by atoms with van der Waals surface area (Å²) in [5.74, 6) is 1.70. The topological polar surface area (TPSA) is 33.0 Å². The lowest BCUT2D eigenvalue weighted by molar-refractivity contribution is 0.478. The Morgan fingerprint density at radius 1 is 1.05 bits per heavy atom. The Balaban J connectivity index is 1.87. The van der Waals surface area contributed by atoms with Gasteiger partial charge >= 0.3 is 0 Å². The standard InChI is InChI=1S/C17H15NO/c1-12-9-13(11-18)5-8-17(12)19-16-7-6-14-3-2-4-15(14)10-16/h5-10H,2-4H2,1H3. The first-order chi connectivity index (χ1) is 9.26. The van der Waals surface area contributed by atoms with Gasteiger partial charge in [-0.05, 0) is 73.2 Å². The number of nitrogens with zero attached hydrogens (tertiary/aromatic N) is 1. The van der Waals surface area contributed by atoms with E-state index in [0.29, 0.717) is 5.56 Å². The van der Waals surface area contributed by atoms with E-state index >= 15 is 0 Å². The third kappa shape index (κ3) is 2.32. The fraction of sp³-hybridized carbons (Fsp3) is 0.235. The van der Waals surface area contributed by atoms with Crippen LogP contribution in [0.2, 0.25) is 0 Å². The van der Waals surface area contributed by atoms with Gasteiger partial charge in [0.2, 0.25) is 0 Å². The molecule has 2 nitrogen and oxygen atoms in total. The third-order valence-electron chi connectivity index (χ3n) is 3.60. The molecule has 0 saturated heterocycles. The van der Waals surface area contributed by atoms with Gasteiger partial charge in [0, 0.05) is 0 Å². The summed E-state index contributed by atoms with van der Waals surface area (Å²) in [6, 6.07) is 14.0. The lowest BCUT2D eigenvalue weighted by atomic mass is 10.1. The minimum Gasteiger partial charge on any atom is -0.457 e. The highest BCUT2D eigenvalue weighted by Gasteiger charge is 2.12. The van der Waals surface area contributed by atoms with E-state index in [9.17, 15) is 0 Å². The SMILES string of the molecule is Cc1cc(C#N)ccc1Oc1ccc2c(c1)CCC2. The quantitative estimate of drug-likeness (QED) is 0.801. The highest BCUT2D eigenvalue weighted by molar-refractivity contribution is 5.45. The van der Waals surface area contributed by atoms with Crippen LogP contribution in [0.4, 0.5) is 0 Å². The molecule has 0 fully saturated rings. The molecule has 0 aromatic heterocycles. The average molecular weight is 249 g/mol. The van der Waals surface area contributed by atoms with Crippen LogP contribution < -0.4 is 4.74 Å². The van der Waals surface area contributed by atoms with Crippen molar-refractivity contribution in [3.8, 4) is 17.6 Å². The Labute approximate surface area is 113 Å². The smallest absolute Gasteiger partial charge is 0.130 e. The van der Waals surface area contributed by atoms with Crippen molar-refractivity contribution in [3.05, 3.63) is 58.7 Å². The molecule has 0 N–H and O–H groups in total. The summed E-state index contributed by atoms with van der Waals surface area (Å²) >= 11 is 0. The molecule has 0 saturated carbocycles. The van der Waals surface area contributed by atoms with Crippen molar-refractivity contribution in [2.45, 2.75) is 26.2 Å². The van der Waals surface area contributed by atoms with Crippen molar-refractivity contribution in [1.29, 1.82) is 5.26 Å². The zero-order valence-electron chi connectivity index (χ0n) is 10.9. The van der Waals surface area contributed by atoms with E-state index in [1.165, 1.54) is 24.0 Å². The summed E-state index contributed by atoms with van der Waals surface area (Å²) in [4.78, 5) is 0. The van der Waals surface area contributed by atoms with Crippen molar-refractivity contribution in [1.82, 2.24) is 0 Å². The lowest BCUT2D eigenvalue weighted by Crippen LogP contribution is -1.90. The van der Waals surface area contributed by atoms with Crippen LogP contribution in [-0.2, 0) is 12.8 Å². The Bertz CT molecular complexity index is 667. The number of nitriles is 1. The molecule has 0 bridgehead atoms. The molecule has 0 heterocycles. The highest BCUT2D eigenvalue weighted by Crippen LogP contribution is 2.30. The molecule has 19 heavy (non-hydrogen) atoms. The van der Waals surface area contributed by atoms with Crippen LogP contribution in [0.1, 0.15) is 28.7 Å². The number of rotatable bonds is 2. The van der Waals surface area contributed by atoms with Crippen molar-refractivity contribution in [3.63, 3.8) is 0 Å². The summed E-state index contributed by atoms with van der Waals surface area (Å²) in [7, 11) is 0. The van der Waals surface area contributed by atoms with Crippen molar-refractivity contribution in [2.75, 3.05) is 0 Å². The molecule has 0 amide bonds. The number of hydrogen-bond acceptors (Lipinski definition) is 2. The van der Waals surface area contributed by atoms with Gasteiger partial charge in [0.1, 0.15) is 11.5 Å². The minimum absolute atomic E-state index is 0.666. The Kier molecular flexibility index (Phi) is 2.97. The third-order valence-corrected chi connectivity index (χ3v) is 3.60. The predicted octanol–water partition coefficient (Wildman–Crippen LogP) is 4.15. The molecule has 2 aromatic carbocycles. The molecule has 0 atom stereocenters. The second kappa shape index (κ2) is 4.78. The van der Waals surface area contributed by atoms with Gasteiger partial charge in [-0.15, -0.1) is 0 Å². The lowest BCUT2D eigenvalue weighted by Gasteiger charge is -2.10. The van der Waals surface area contributed by atoms with Crippen molar-refractivity contribution in [2.24, 2.45) is 0 Å². The average Bonchev–Trinajstić information content (AvgIpc) is 2.88. The molecule has 2 heteroatoms. The van der Waals surface area contributed by atoms with E-state index < -0.39 is 0 Å². The van der Waals surface area contributed by atoms with Gasteiger partial charge in [-0.3, -0.25) is 0 Å². The first-order valence-corrected chi connectivity index (χ1v) is 6.57. The number of fused-ring (bicyclic) bond motifs is 1. The summed E-state index contributed by atoms with van der Waals surface area (Å²) in [5, 5.41) is 8.86. The fourth-order valence-electron chi connectivity index (χ4n) is 2.57. The Morgan fingerprint density at radius 3 is 2.68 bits per heavy atom. The van der Waals surface area contributed by atoms with Gasteiger partial charge < -0.3 is 4.74 Å². The van der Waals surface area contributed by atoms with E-state index in [4.69, 9.17) is 10.00 Å². The first kappa shape index (κ1) is 11.8. The molecule has 2 aromatic rings. The van der Waals surface area contributed by atoms with Crippen LogP contribution in [0.25, 0.3) is 0 Å². The maximum Gasteiger partial charge on any atom is 0.130 e. The zero-order chi connectivity index (χ0) is 13.2. The second-order valence-corrected chi connectivity index (χ2v) is 4.98. The largest absolute Gasteiger partial charge is 0.457 e. The number of ether oxygens (including phenoxy) is 1. The normalized spacial score (nSPS) is 12.8. The summed E-state index contributed by atoms with van der Waals surface area (Å²) < 4.78 is 5.92. The van der Waals surface area contributed by atoms with Gasteiger partial charge in [0.15, 0.2) is 0 Å². The number of hydrogen-bond donors (Lipinski definition) is 0. The van der Waals surface area contributed by atoms with Crippen molar-refractivity contribution < 1.29 is 4.74 Å².